The second-order valence-electron chi connectivity index (χ2n) is 8.00. The Bertz CT molecular complexity index is 591. The molecule has 0 aliphatic heterocycles. The highest BCUT2D eigenvalue weighted by Crippen LogP contribution is 2.15. The van der Waals surface area contributed by atoms with Crippen LogP contribution in [0.5, 0.6) is 5.75 Å². The highest BCUT2D eigenvalue weighted by Gasteiger charge is 2.16. The van der Waals surface area contributed by atoms with Gasteiger partial charge in [-0.05, 0) is 72.1 Å². The summed E-state index contributed by atoms with van der Waals surface area (Å²) in [5, 5.41) is 5.54. The van der Waals surface area contributed by atoms with Crippen molar-refractivity contribution in [3.63, 3.8) is 0 Å². The minimum atomic E-state index is -0.542. The van der Waals surface area contributed by atoms with Crippen LogP contribution in [0.1, 0.15) is 59.9 Å². The summed E-state index contributed by atoms with van der Waals surface area (Å²) in [6, 6.07) is 8.11. The molecule has 1 aromatic carbocycles. The molecule has 0 fully saturated rings. The van der Waals surface area contributed by atoms with Crippen LogP contribution < -0.4 is 15.4 Å². The van der Waals surface area contributed by atoms with Crippen LogP contribution in [0.25, 0.3) is 0 Å². The summed E-state index contributed by atoms with van der Waals surface area (Å²) in [5.41, 5.74) is 0.666. The summed E-state index contributed by atoms with van der Waals surface area (Å²) in [4.78, 5) is 23.5. The Balaban J connectivity index is 2.24. The standard InChI is InChI=1S/C21H34N2O4/c1-15(2)26-18-11-9-17(10-12-18)8-7-16(3)23-19(24)13-14-22-20(25)27-21(4,5)6/h9-12,15-16H,7-8,13-14H2,1-6H3,(H,22,25)(H,23,24). The molecule has 6 heteroatoms. The molecular formula is C21H34N2O4. The summed E-state index contributed by atoms with van der Waals surface area (Å²) in [6.45, 7) is 11.6. The molecule has 0 aromatic heterocycles. The molecule has 0 radical (unpaired) electrons. The highest BCUT2D eigenvalue weighted by atomic mass is 16.6. The van der Waals surface area contributed by atoms with Gasteiger partial charge in [0.2, 0.25) is 5.91 Å². The van der Waals surface area contributed by atoms with Gasteiger partial charge < -0.3 is 20.1 Å². The van der Waals surface area contributed by atoms with Crippen LogP contribution >= 0.6 is 0 Å². The second-order valence-corrected chi connectivity index (χ2v) is 8.00. The van der Waals surface area contributed by atoms with Crippen molar-refractivity contribution in [2.75, 3.05) is 6.54 Å². The number of aryl methyl sites for hydroxylation is 1. The maximum atomic E-state index is 12.0. The SMILES string of the molecule is CC(CCc1ccc(OC(C)C)cc1)NC(=O)CCNC(=O)OC(C)(C)C. The molecular weight excluding hydrogens is 344 g/mol. The maximum absolute atomic E-state index is 12.0. The van der Waals surface area contributed by atoms with Gasteiger partial charge in [0, 0.05) is 19.0 Å². The van der Waals surface area contributed by atoms with Gasteiger partial charge in [-0.15, -0.1) is 0 Å². The fourth-order valence-electron chi connectivity index (χ4n) is 2.40. The Morgan fingerprint density at radius 1 is 1.07 bits per heavy atom. The maximum Gasteiger partial charge on any atom is 0.407 e. The van der Waals surface area contributed by atoms with Gasteiger partial charge in [0.05, 0.1) is 6.10 Å². The lowest BCUT2D eigenvalue weighted by Crippen LogP contribution is -2.37. The van der Waals surface area contributed by atoms with Crippen molar-refractivity contribution < 1.29 is 19.1 Å². The van der Waals surface area contributed by atoms with Crippen molar-refractivity contribution in [3.8, 4) is 5.75 Å². The predicted octanol–water partition coefficient (Wildman–Crippen LogP) is 3.83. The second kappa shape index (κ2) is 10.8. The number of rotatable bonds is 9. The molecule has 0 heterocycles. The van der Waals surface area contributed by atoms with Gasteiger partial charge in [0.25, 0.3) is 0 Å². The van der Waals surface area contributed by atoms with Gasteiger partial charge in [-0.2, -0.15) is 0 Å². The van der Waals surface area contributed by atoms with Crippen molar-refractivity contribution in [2.24, 2.45) is 0 Å². The molecule has 1 aromatic rings. The Hall–Kier alpha value is -2.24. The molecule has 0 spiro atoms. The first-order chi connectivity index (χ1) is 12.5. The summed E-state index contributed by atoms with van der Waals surface area (Å²) in [6.07, 6.45) is 1.60. The minimum absolute atomic E-state index is 0.0608. The lowest BCUT2D eigenvalue weighted by Gasteiger charge is -2.19. The molecule has 6 nitrogen and oxygen atoms in total. The van der Waals surface area contributed by atoms with Crippen LogP contribution in [0.4, 0.5) is 4.79 Å². The van der Waals surface area contributed by atoms with E-state index in [1.807, 2.05) is 32.9 Å². The molecule has 0 aliphatic rings. The number of benzene rings is 1. The van der Waals surface area contributed by atoms with Crippen molar-refractivity contribution in [3.05, 3.63) is 29.8 Å². The third kappa shape index (κ3) is 11.2. The smallest absolute Gasteiger partial charge is 0.407 e. The summed E-state index contributed by atoms with van der Waals surface area (Å²) >= 11 is 0. The first kappa shape index (κ1) is 22.8. The van der Waals surface area contributed by atoms with E-state index in [-0.39, 0.29) is 31.0 Å². The molecule has 1 unspecified atom stereocenters. The van der Waals surface area contributed by atoms with Crippen LogP contribution in [-0.4, -0.2) is 36.3 Å². The number of carbonyl (C=O) groups is 2. The first-order valence-corrected chi connectivity index (χ1v) is 9.57. The van der Waals surface area contributed by atoms with Crippen molar-refractivity contribution >= 4 is 12.0 Å². The van der Waals surface area contributed by atoms with Gasteiger partial charge >= 0.3 is 6.09 Å². The molecule has 0 bridgehead atoms. The zero-order valence-corrected chi connectivity index (χ0v) is 17.4. The Morgan fingerprint density at radius 2 is 1.70 bits per heavy atom. The summed E-state index contributed by atoms with van der Waals surface area (Å²) in [7, 11) is 0. The zero-order valence-electron chi connectivity index (χ0n) is 17.4. The number of hydrogen-bond donors (Lipinski definition) is 2. The average Bonchev–Trinajstić information content (AvgIpc) is 2.52. The van der Waals surface area contributed by atoms with Crippen molar-refractivity contribution in [2.45, 2.75) is 78.6 Å². The summed E-state index contributed by atoms with van der Waals surface area (Å²) in [5.74, 6) is 0.784. The average molecular weight is 379 g/mol. The van der Waals surface area contributed by atoms with Gasteiger partial charge in [0.1, 0.15) is 11.4 Å². The van der Waals surface area contributed by atoms with E-state index in [4.69, 9.17) is 9.47 Å². The zero-order chi connectivity index (χ0) is 20.4. The Labute approximate surface area is 163 Å². The van der Waals surface area contributed by atoms with E-state index >= 15 is 0 Å². The topological polar surface area (TPSA) is 76.7 Å². The highest BCUT2D eigenvalue weighted by molar-refractivity contribution is 5.77. The monoisotopic (exact) mass is 378 g/mol. The quantitative estimate of drug-likeness (QED) is 0.685. The normalized spacial score (nSPS) is 12.4. The number of alkyl carbamates (subject to hydrolysis) is 1. The fourth-order valence-corrected chi connectivity index (χ4v) is 2.40. The van der Waals surface area contributed by atoms with Gasteiger partial charge in [-0.3, -0.25) is 4.79 Å². The molecule has 152 valence electrons. The van der Waals surface area contributed by atoms with Crippen LogP contribution in [0.15, 0.2) is 24.3 Å². The fraction of sp³-hybridized carbons (Fsp3) is 0.619. The van der Waals surface area contributed by atoms with Crippen LogP contribution in [0.2, 0.25) is 0 Å². The molecule has 2 amide bonds. The van der Waals surface area contributed by atoms with E-state index in [0.717, 1.165) is 18.6 Å². The Kier molecular flexibility index (Phi) is 9.12. The number of hydrogen-bond acceptors (Lipinski definition) is 4. The number of ether oxygens (including phenoxy) is 2. The van der Waals surface area contributed by atoms with E-state index in [1.165, 1.54) is 5.56 Å². The third-order valence-corrected chi connectivity index (χ3v) is 3.59. The molecule has 2 N–H and O–H groups in total. The molecule has 27 heavy (non-hydrogen) atoms. The van der Waals surface area contributed by atoms with E-state index in [9.17, 15) is 9.59 Å². The molecule has 0 saturated heterocycles. The lowest BCUT2D eigenvalue weighted by atomic mass is 10.1. The summed E-state index contributed by atoms with van der Waals surface area (Å²) < 4.78 is 10.8. The number of carbonyl (C=O) groups excluding carboxylic acids is 2. The van der Waals surface area contributed by atoms with E-state index in [1.54, 1.807) is 20.8 Å². The van der Waals surface area contributed by atoms with Gasteiger partial charge in [-0.1, -0.05) is 12.1 Å². The van der Waals surface area contributed by atoms with Crippen LogP contribution in [-0.2, 0) is 16.0 Å². The minimum Gasteiger partial charge on any atom is -0.491 e. The third-order valence-electron chi connectivity index (χ3n) is 3.59. The Morgan fingerprint density at radius 3 is 2.26 bits per heavy atom. The number of amides is 2. The first-order valence-electron chi connectivity index (χ1n) is 9.57. The van der Waals surface area contributed by atoms with Crippen molar-refractivity contribution in [1.82, 2.24) is 10.6 Å². The molecule has 1 rings (SSSR count). The van der Waals surface area contributed by atoms with E-state index in [2.05, 4.69) is 22.8 Å². The largest absolute Gasteiger partial charge is 0.491 e. The lowest BCUT2D eigenvalue weighted by molar-refractivity contribution is -0.121. The molecule has 0 aliphatic carbocycles. The van der Waals surface area contributed by atoms with Crippen LogP contribution in [0, 0.1) is 0 Å². The van der Waals surface area contributed by atoms with E-state index in [0.29, 0.717) is 0 Å². The van der Waals surface area contributed by atoms with E-state index < -0.39 is 11.7 Å². The number of nitrogens with one attached hydrogen (secondary N) is 2. The van der Waals surface area contributed by atoms with Crippen molar-refractivity contribution in [1.29, 1.82) is 0 Å². The van der Waals surface area contributed by atoms with Gasteiger partial charge in [0.15, 0.2) is 0 Å². The van der Waals surface area contributed by atoms with Crippen LogP contribution in [0.3, 0.4) is 0 Å². The van der Waals surface area contributed by atoms with Gasteiger partial charge in [-0.25, -0.2) is 4.79 Å². The molecule has 1 atom stereocenters. The molecule has 0 saturated carbocycles. The predicted molar refractivity (Wildman–Crippen MR) is 107 cm³/mol.